The van der Waals surface area contributed by atoms with Crippen molar-refractivity contribution in [2.75, 3.05) is 6.61 Å². The van der Waals surface area contributed by atoms with E-state index in [-0.39, 0.29) is 6.61 Å². The van der Waals surface area contributed by atoms with Crippen LogP contribution in [-0.4, -0.2) is 11.7 Å². The molecule has 0 aromatic heterocycles. The lowest BCUT2D eigenvalue weighted by Gasteiger charge is -2.58. The molecule has 0 aromatic rings. The van der Waals surface area contributed by atoms with Crippen molar-refractivity contribution in [2.45, 2.75) is 112 Å². The molecule has 0 spiro atoms. The van der Waals surface area contributed by atoms with Gasteiger partial charge in [-0.15, -0.1) is 0 Å². The molecule has 0 saturated heterocycles. The minimum atomic E-state index is 0.213. The third kappa shape index (κ3) is 3.56. The second kappa shape index (κ2) is 8.09. The monoisotopic (exact) mass is 412 g/mol. The van der Waals surface area contributed by atoms with Crippen molar-refractivity contribution in [3.63, 3.8) is 0 Å². The first-order chi connectivity index (χ1) is 14.1. The van der Waals surface area contributed by atoms with E-state index >= 15 is 0 Å². The van der Waals surface area contributed by atoms with Gasteiger partial charge < -0.3 is 5.11 Å². The van der Waals surface area contributed by atoms with Crippen LogP contribution >= 0.6 is 0 Å². The van der Waals surface area contributed by atoms with Crippen molar-refractivity contribution in [1.29, 1.82) is 0 Å². The van der Waals surface area contributed by atoms with Gasteiger partial charge in [-0.3, -0.25) is 0 Å². The highest BCUT2D eigenvalue weighted by Crippen LogP contribution is 2.68. The SMILES string of the molecule is CC(=CCC[C@@H](C)[C@H]1CC[C@H]2C3=C(CC[C@]12C)[C@@]1(C)CCCC(C)(C)[C@@H]1CC3)CO. The number of aliphatic hydroxyl groups excluding tert-OH is 1. The fourth-order valence-corrected chi connectivity index (χ4v) is 9.22. The van der Waals surface area contributed by atoms with Crippen LogP contribution < -0.4 is 0 Å². The summed E-state index contributed by atoms with van der Waals surface area (Å²) in [7, 11) is 0. The van der Waals surface area contributed by atoms with Crippen LogP contribution in [0.25, 0.3) is 0 Å². The predicted molar refractivity (Wildman–Crippen MR) is 128 cm³/mol. The summed E-state index contributed by atoms with van der Waals surface area (Å²) in [5.41, 5.74) is 6.58. The molecule has 0 unspecified atom stereocenters. The highest BCUT2D eigenvalue weighted by molar-refractivity contribution is 5.35. The Morgan fingerprint density at radius 3 is 2.57 bits per heavy atom. The van der Waals surface area contributed by atoms with E-state index in [1.807, 2.05) is 11.1 Å². The number of allylic oxidation sites excluding steroid dienone is 3. The first-order valence-corrected chi connectivity index (χ1v) is 13.1. The van der Waals surface area contributed by atoms with Gasteiger partial charge in [-0.2, -0.15) is 0 Å². The van der Waals surface area contributed by atoms with Crippen LogP contribution in [0.2, 0.25) is 0 Å². The molecule has 30 heavy (non-hydrogen) atoms. The maximum absolute atomic E-state index is 9.28. The third-order valence-electron chi connectivity index (χ3n) is 10.8. The van der Waals surface area contributed by atoms with E-state index in [9.17, 15) is 5.11 Å². The third-order valence-corrected chi connectivity index (χ3v) is 10.8. The molecule has 4 aliphatic rings. The van der Waals surface area contributed by atoms with E-state index in [1.165, 1.54) is 64.2 Å². The maximum atomic E-state index is 9.28. The molecule has 2 fully saturated rings. The van der Waals surface area contributed by atoms with Crippen molar-refractivity contribution >= 4 is 0 Å². The number of aliphatic hydroxyl groups is 1. The fraction of sp³-hybridized carbons (Fsp3) is 0.862. The number of rotatable bonds is 5. The largest absolute Gasteiger partial charge is 0.392 e. The highest BCUT2D eigenvalue weighted by atomic mass is 16.3. The summed E-state index contributed by atoms with van der Waals surface area (Å²) in [6, 6.07) is 0. The minimum absolute atomic E-state index is 0.213. The van der Waals surface area contributed by atoms with Gasteiger partial charge in [-0.1, -0.05) is 63.8 Å². The maximum Gasteiger partial charge on any atom is 0.0639 e. The zero-order valence-corrected chi connectivity index (χ0v) is 20.8. The van der Waals surface area contributed by atoms with Crippen LogP contribution in [0, 0.1) is 39.9 Å². The second-order valence-corrected chi connectivity index (χ2v) is 12.9. The molecule has 0 aromatic carbocycles. The minimum Gasteiger partial charge on any atom is -0.392 e. The molecule has 4 aliphatic carbocycles. The molecule has 170 valence electrons. The molecular weight excluding hydrogens is 364 g/mol. The van der Waals surface area contributed by atoms with Gasteiger partial charge in [0.25, 0.3) is 0 Å². The van der Waals surface area contributed by atoms with Crippen molar-refractivity contribution in [2.24, 2.45) is 39.9 Å². The predicted octanol–water partition coefficient (Wildman–Crippen LogP) is 8.09. The Morgan fingerprint density at radius 2 is 1.83 bits per heavy atom. The molecule has 0 radical (unpaired) electrons. The Hall–Kier alpha value is -0.560. The highest BCUT2D eigenvalue weighted by Gasteiger charge is 2.57. The van der Waals surface area contributed by atoms with Crippen LogP contribution in [0.1, 0.15) is 112 Å². The smallest absolute Gasteiger partial charge is 0.0639 e. The summed E-state index contributed by atoms with van der Waals surface area (Å²) < 4.78 is 0. The lowest BCUT2D eigenvalue weighted by molar-refractivity contribution is -0.00386. The molecule has 1 heteroatoms. The van der Waals surface area contributed by atoms with E-state index in [0.29, 0.717) is 16.2 Å². The number of fused-ring (bicyclic) bond motifs is 4. The summed E-state index contributed by atoms with van der Waals surface area (Å²) in [5.74, 6) is 3.45. The van der Waals surface area contributed by atoms with Crippen LogP contribution in [0.5, 0.6) is 0 Å². The van der Waals surface area contributed by atoms with Crippen LogP contribution in [-0.2, 0) is 0 Å². The van der Waals surface area contributed by atoms with E-state index in [1.54, 1.807) is 0 Å². The Kier molecular flexibility index (Phi) is 6.10. The van der Waals surface area contributed by atoms with E-state index in [4.69, 9.17) is 0 Å². The number of hydrogen-bond donors (Lipinski definition) is 1. The lowest BCUT2D eigenvalue weighted by Crippen LogP contribution is -2.48. The Labute approximate surface area is 186 Å². The van der Waals surface area contributed by atoms with Crippen molar-refractivity contribution in [1.82, 2.24) is 0 Å². The lowest BCUT2D eigenvalue weighted by atomic mass is 9.46. The normalized spacial score (nSPS) is 41.8. The molecule has 0 bridgehead atoms. The van der Waals surface area contributed by atoms with Gasteiger partial charge in [0.2, 0.25) is 0 Å². The van der Waals surface area contributed by atoms with Crippen molar-refractivity contribution in [3.8, 4) is 0 Å². The van der Waals surface area contributed by atoms with Gasteiger partial charge >= 0.3 is 0 Å². The summed E-state index contributed by atoms with van der Waals surface area (Å²) in [6.07, 6.45) is 17.5. The zero-order chi connectivity index (χ0) is 21.7. The van der Waals surface area contributed by atoms with Gasteiger partial charge in [0.05, 0.1) is 6.61 Å². The molecule has 1 nitrogen and oxygen atoms in total. The Morgan fingerprint density at radius 1 is 1.07 bits per heavy atom. The molecule has 0 aliphatic heterocycles. The van der Waals surface area contributed by atoms with E-state index in [2.05, 4.69) is 47.6 Å². The van der Waals surface area contributed by atoms with Gasteiger partial charge in [0.15, 0.2) is 0 Å². The molecule has 0 amide bonds. The molecule has 6 atom stereocenters. The molecular formula is C29H48O. The topological polar surface area (TPSA) is 20.2 Å². The van der Waals surface area contributed by atoms with Crippen LogP contribution in [0.3, 0.4) is 0 Å². The van der Waals surface area contributed by atoms with Crippen LogP contribution in [0.15, 0.2) is 22.8 Å². The molecule has 1 N–H and O–H groups in total. The van der Waals surface area contributed by atoms with Crippen LogP contribution in [0.4, 0.5) is 0 Å². The van der Waals surface area contributed by atoms with Crippen molar-refractivity contribution in [3.05, 3.63) is 22.8 Å². The zero-order valence-electron chi connectivity index (χ0n) is 20.8. The fourth-order valence-electron chi connectivity index (χ4n) is 9.22. The Balaban J connectivity index is 1.55. The molecule has 2 saturated carbocycles. The first kappa shape index (κ1) is 22.6. The standard InChI is InChI=1S/C29H48O/c1-20(19-30)9-7-10-21(2)23-12-13-24-22-11-14-26-27(3,4)16-8-17-29(26,6)25(22)15-18-28(23,24)5/h9,21,23-24,26,30H,7-8,10-19H2,1-6H3/t21-,23-,24+,26+,28-,29-/m1/s1. The first-order valence-electron chi connectivity index (χ1n) is 13.1. The quantitative estimate of drug-likeness (QED) is 0.452. The molecule has 4 rings (SSSR count). The second-order valence-electron chi connectivity index (χ2n) is 12.9. The van der Waals surface area contributed by atoms with E-state index in [0.717, 1.165) is 35.7 Å². The average molecular weight is 413 g/mol. The van der Waals surface area contributed by atoms with Gasteiger partial charge in [0, 0.05) is 0 Å². The summed E-state index contributed by atoms with van der Waals surface area (Å²) in [4.78, 5) is 0. The number of hydrogen-bond acceptors (Lipinski definition) is 1. The van der Waals surface area contributed by atoms with Gasteiger partial charge in [-0.25, -0.2) is 0 Å². The average Bonchev–Trinajstić information content (AvgIpc) is 3.04. The summed E-state index contributed by atoms with van der Waals surface area (Å²) in [6.45, 7) is 15.2. The van der Waals surface area contributed by atoms with E-state index < -0.39 is 0 Å². The van der Waals surface area contributed by atoms with Gasteiger partial charge in [-0.05, 0) is 111 Å². The Bertz CT molecular complexity index is 712. The molecule has 0 heterocycles. The van der Waals surface area contributed by atoms with Crippen molar-refractivity contribution < 1.29 is 5.11 Å². The van der Waals surface area contributed by atoms with Gasteiger partial charge in [0.1, 0.15) is 0 Å². The summed E-state index contributed by atoms with van der Waals surface area (Å²) >= 11 is 0. The summed E-state index contributed by atoms with van der Waals surface area (Å²) in [5, 5.41) is 9.28.